The van der Waals surface area contributed by atoms with Crippen LogP contribution in [0.3, 0.4) is 0 Å². The van der Waals surface area contributed by atoms with Gasteiger partial charge in [-0.2, -0.15) is 0 Å². The Morgan fingerprint density at radius 2 is 1.79 bits per heavy atom. The lowest BCUT2D eigenvalue weighted by atomic mass is 10.2. The Morgan fingerprint density at radius 3 is 2.46 bits per heavy atom. The largest absolute Gasteiger partial charge is 0.483 e. The van der Waals surface area contributed by atoms with Crippen molar-refractivity contribution in [1.82, 2.24) is 4.90 Å². The molecule has 0 saturated carbocycles. The van der Waals surface area contributed by atoms with Crippen LogP contribution < -0.4 is 10.1 Å². The van der Waals surface area contributed by atoms with E-state index in [0.717, 1.165) is 11.8 Å². The molecule has 1 saturated heterocycles. The van der Waals surface area contributed by atoms with E-state index in [9.17, 15) is 14.4 Å². The standard InChI is InChI=1S/C21H20N2O4S/c1-14(2)23-20(25)18(28-21(23)26)12-15-8-6-7-11-17(15)27-13-19(24)22-16-9-4-3-5-10-16/h3-12,14H,13H2,1-2H3,(H,22,24)/b18-12-. The Hall–Kier alpha value is -3.06. The number of hydrogen-bond acceptors (Lipinski definition) is 5. The third-order valence-electron chi connectivity index (χ3n) is 3.96. The molecule has 7 heteroatoms. The lowest BCUT2D eigenvalue weighted by Crippen LogP contribution is -2.34. The van der Waals surface area contributed by atoms with Gasteiger partial charge in [0.1, 0.15) is 5.75 Å². The van der Waals surface area contributed by atoms with Crippen LogP contribution in [0.15, 0.2) is 59.5 Å². The number of imide groups is 1. The number of hydrogen-bond donors (Lipinski definition) is 1. The normalized spacial score (nSPS) is 15.4. The lowest BCUT2D eigenvalue weighted by molar-refractivity contribution is -0.123. The lowest BCUT2D eigenvalue weighted by Gasteiger charge is -2.16. The minimum Gasteiger partial charge on any atom is -0.483 e. The number of rotatable bonds is 6. The second-order valence-corrected chi connectivity index (χ2v) is 7.38. The minimum atomic E-state index is -0.318. The first-order valence-corrected chi connectivity index (χ1v) is 9.61. The smallest absolute Gasteiger partial charge is 0.293 e. The van der Waals surface area contributed by atoms with E-state index in [1.807, 2.05) is 18.2 Å². The molecule has 2 aromatic carbocycles. The number of carbonyl (C=O) groups excluding carboxylic acids is 3. The number of nitrogens with one attached hydrogen (secondary N) is 1. The molecule has 2 aromatic rings. The molecule has 0 unspecified atom stereocenters. The van der Waals surface area contributed by atoms with Gasteiger partial charge in [-0.15, -0.1) is 0 Å². The Morgan fingerprint density at radius 1 is 1.11 bits per heavy atom. The third-order valence-corrected chi connectivity index (χ3v) is 4.85. The fourth-order valence-electron chi connectivity index (χ4n) is 2.66. The van der Waals surface area contributed by atoms with E-state index in [2.05, 4.69) is 5.32 Å². The van der Waals surface area contributed by atoms with Gasteiger partial charge in [-0.3, -0.25) is 19.3 Å². The molecule has 1 fully saturated rings. The van der Waals surface area contributed by atoms with Gasteiger partial charge in [0.05, 0.1) is 4.91 Å². The van der Waals surface area contributed by atoms with Crippen LogP contribution in [0.1, 0.15) is 19.4 Å². The molecule has 1 N–H and O–H groups in total. The van der Waals surface area contributed by atoms with Crippen LogP contribution in [0, 0.1) is 0 Å². The van der Waals surface area contributed by atoms with Gasteiger partial charge in [0.15, 0.2) is 6.61 Å². The van der Waals surface area contributed by atoms with Crippen molar-refractivity contribution in [3.05, 3.63) is 65.1 Å². The molecule has 0 spiro atoms. The maximum atomic E-state index is 12.5. The number of benzene rings is 2. The molecular weight excluding hydrogens is 376 g/mol. The summed E-state index contributed by atoms with van der Waals surface area (Å²) in [6.07, 6.45) is 1.62. The molecule has 3 rings (SSSR count). The van der Waals surface area contributed by atoms with Gasteiger partial charge < -0.3 is 10.1 Å². The highest BCUT2D eigenvalue weighted by Gasteiger charge is 2.36. The molecule has 1 aliphatic heterocycles. The maximum absolute atomic E-state index is 12.5. The molecule has 0 bridgehead atoms. The highest BCUT2D eigenvalue weighted by molar-refractivity contribution is 8.18. The van der Waals surface area contributed by atoms with Crippen molar-refractivity contribution in [3.63, 3.8) is 0 Å². The molecular formula is C21H20N2O4S. The summed E-state index contributed by atoms with van der Waals surface area (Å²) in [4.78, 5) is 38.2. The van der Waals surface area contributed by atoms with Crippen LogP contribution in [-0.4, -0.2) is 34.6 Å². The van der Waals surface area contributed by atoms with Crippen LogP contribution in [0.4, 0.5) is 10.5 Å². The van der Waals surface area contributed by atoms with E-state index >= 15 is 0 Å². The highest BCUT2D eigenvalue weighted by atomic mass is 32.2. The van der Waals surface area contributed by atoms with Crippen molar-refractivity contribution in [1.29, 1.82) is 0 Å². The Balaban J connectivity index is 1.71. The number of para-hydroxylation sites is 2. The second-order valence-electron chi connectivity index (χ2n) is 6.39. The first-order valence-electron chi connectivity index (χ1n) is 8.79. The molecule has 1 heterocycles. The van der Waals surface area contributed by atoms with Crippen molar-refractivity contribution < 1.29 is 19.1 Å². The quantitative estimate of drug-likeness (QED) is 0.743. The Labute approximate surface area is 167 Å². The summed E-state index contributed by atoms with van der Waals surface area (Å²) in [7, 11) is 0. The van der Waals surface area contributed by atoms with Crippen molar-refractivity contribution in [2.24, 2.45) is 0 Å². The van der Waals surface area contributed by atoms with Crippen LogP contribution in [0.25, 0.3) is 6.08 Å². The summed E-state index contributed by atoms with van der Waals surface area (Å²) in [5.41, 5.74) is 1.32. The predicted octanol–water partition coefficient (Wildman–Crippen LogP) is 4.15. The average Bonchev–Trinajstić information content (AvgIpc) is 2.95. The number of amides is 3. The van der Waals surface area contributed by atoms with Gasteiger partial charge in [0.25, 0.3) is 17.1 Å². The number of carbonyl (C=O) groups is 3. The van der Waals surface area contributed by atoms with E-state index in [-0.39, 0.29) is 29.7 Å². The van der Waals surface area contributed by atoms with Crippen LogP contribution in [0.5, 0.6) is 5.75 Å². The van der Waals surface area contributed by atoms with E-state index in [0.29, 0.717) is 21.9 Å². The summed E-state index contributed by atoms with van der Waals surface area (Å²) < 4.78 is 5.64. The molecule has 0 radical (unpaired) electrons. The SMILES string of the molecule is CC(C)N1C(=O)S/C(=C\c2ccccc2OCC(=O)Nc2ccccc2)C1=O. The zero-order valence-electron chi connectivity index (χ0n) is 15.5. The molecule has 3 amide bonds. The predicted molar refractivity (Wildman–Crippen MR) is 110 cm³/mol. The average molecular weight is 396 g/mol. The van der Waals surface area contributed by atoms with E-state index in [1.54, 1.807) is 56.3 Å². The van der Waals surface area contributed by atoms with Crippen molar-refractivity contribution in [2.75, 3.05) is 11.9 Å². The van der Waals surface area contributed by atoms with Crippen molar-refractivity contribution >= 4 is 40.6 Å². The maximum Gasteiger partial charge on any atom is 0.293 e. The molecule has 0 aliphatic carbocycles. The fourth-order valence-corrected chi connectivity index (χ4v) is 3.61. The first kappa shape index (κ1) is 19.7. The van der Waals surface area contributed by atoms with Gasteiger partial charge in [-0.25, -0.2) is 0 Å². The number of thioether (sulfide) groups is 1. The van der Waals surface area contributed by atoms with Gasteiger partial charge in [0.2, 0.25) is 0 Å². The van der Waals surface area contributed by atoms with Gasteiger partial charge in [0, 0.05) is 17.3 Å². The molecule has 144 valence electrons. The number of nitrogens with zero attached hydrogens (tertiary/aromatic N) is 1. The monoisotopic (exact) mass is 396 g/mol. The molecule has 0 aromatic heterocycles. The van der Waals surface area contributed by atoms with Gasteiger partial charge >= 0.3 is 0 Å². The summed E-state index contributed by atoms with van der Waals surface area (Å²) in [5, 5.41) is 2.46. The van der Waals surface area contributed by atoms with E-state index in [1.165, 1.54) is 4.90 Å². The molecule has 0 atom stereocenters. The Bertz CT molecular complexity index is 925. The summed E-state index contributed by atoms with van der Waals surface area (Å²) >= 11 is 0.904. The van der Waals surface area contributed by atoms with Crippen LogP contribution in [-0.2, 0) is 9.59 Å². The summed E-state index contributed by atoms with van der Waals surface area (Å²) in [6, 6.07) is 16.0. The van der Waals surface area contributed by atoms with Crippen LogP contribution in [0.2, 0.25) is 0 Å². The molecule has 1 aliphatic rings. The topological polar surface area (TPSA) is 75.7 Å². The van der Waals surface area contributed by atoms with Crippen molar-refractivity contribution in [3.8, 4) is 5.75 Å². The highest BCUT2D eigenvalue weighted by Crippen LogP contribution is 2.35. The van der Waals surface area contributed by atoms with Gasteiger partial charge in [-0.05, 0) is 49.9 Å². The fraction of sp³-hybridized carbons (Fsp3) is 0.190. The number of anilines is 1. The zero-order chi connectivity index (χ0) is 20.1. The molecule has 6 nitrogen and oxygen atoms in total. The summed E-state index contributed by atoms with van der Waals surface area (Å²) in [5.74, 6) is -0.148. The van der Waals surface area contributed by atoms with E-state index in [4.69, 9.17) is 4.74 Å². The molecule has 28 heavy (non-hydrogen) atoms. The minimum absolute atomic E-state index is 0.173. The van der Waals surface area contributed by atoms with Gasteiger partial charge in [-0.1, -0.05) is 36.4 Å². The number of ether oxygens (including phenoxy) is 1. The zero-order valence-corrected chi connectivity index (χ0v) is 16.4. The Kier molecular flexibility index (Phi) is 6.16. The first-order chi connectivity index (χ1) is 13.5. The van der Waals surface area contributed by atoms with Crippen LogP contribution >= 0.6 is 11.8 Å². The summed E-state index contributed by atoms with van der Waals surface area (Å²) in [6.45, 7) is 3.41. The van der Waals surface area contributed by atoms with E-state index < -0.39 is 0 Å². The van der Waals surface area contributed by atoms with Crippen molar-refractivity contribution in [2.45, 2.75) is 19.9 Å². The third kappa shape index (κ3) is 4.61. The second kappa shape index (κ2) is 8.75.